The van der Waals surface area contributed by atoms with Crippen LogP contribution in [0, 0.1) is 17.3 Å². The summed E-state index contributed by atoms with van der Waals surface area (Å²) >= 11 is 0. The SMILES string of the molecule is C[C@]12CC[C@@H]3c4cc(-c5cccc(O)c5)c(O)cc4CC[C@H]3[C@@H]1CC[C@@H]2O. The molecule has 0 radical (unpaired) electrons. The maximum Gasteiger partial charge on any atom is 0.123 e. The zero-order valence-corrected chi connectivity index (χ0v) is 15.9. The first-order chi connectivity index (χ1) is 13.0. The molecule has 3 N–H and O–H groups in total. The molecule has 27 heavy (non-hydrogen) atoms. The summed E-state index contributed by atoms with van der Waals surface area (Å²) in [5.74, 6) is 2.28. The van der Waals surface area contributed by atoms with Crippen LogP contribution in [0.5, 0.6) is 11.5 Å². The third-order valence-electron chi connectivity index (χ3n) is 7.95. The molecule has 0 heterocycles. The minimum Gasteiger partial charge on any atom is -0.508 e. The molecule has 5 atom stereocenters. The number of fused-ring (bicyclic) bond motifs is 5. The molecule has 2 fully saturated rings. The van der Waals surface area contributed by atoms with Crippen molar-refractivity contribution in [1.29, 1.82) is 0 Å². The number of aromatic hydroxyl groups is 2. The van der Waals surface area contributed by atoms with Gasteiger partial charge in [-0.1, -0.05) is 19.1 Å². The highest BCUT2D eigenvalue weighted by molar-refractivity contribution is 5.73. The van der Waals surface area contributed by atoms with Crippen molar-refractivity contribution in [3.63, 3.8) is 0 Å². The van der Waals surface area contributed by atoms with Crippen LogP contribution in [0.15, 0.2) is 36.4 Å². The van der Waals surface area contributed by atoms with Crippen molar-refractivity contribution in [2.24, 2.45) is 17.3 Å². The minimum atomic E-state index is -0.146. The van der Waals surface area contributed by atoms with E-state index in [2.05, 4.69) is 13.0 Å². The summed E-state index contributed by atoms with van der Waals surface area (Å²) in [6, 6.07) is 11.2. The number of phenolic OH excluding ortho intramolecular Hbond substituents is 2. The van der Waals surface area contributed by atoms with Gasteiger partial charge in [0.15, 0.2) is 0 Å². The van der Waals surface area contributed by atoms with Crippen LogP contribution in [0.4, 0.5) is 0 Å². The second kappa shape index (κ2) is 6.00. The predicted octanol–water partition coefficient (Wildman–Crippen LogP) is 4.98. The predicted molar refractivity (Wildman–Crippen MR) is 106 cm³/mol. The second-order valence-electron chi connectivity index (χ2n) is 9.17. The van der Waals surface area contributed by atoms with Gasteiger partial charge in [-0.25, -0.2) is 0 Å². The Bertz CT molecular complexity index is 889. The molecule has 0 aromatic heterocycles. The molecule has 2 saturated carbocycles. The van der Waals surface area contributed by atoms with E-state index in [-0.39, 0.29) is 17.3 Å². The summed E-state index contributed by atoms with van der Waals surface area (Å²) in [6.07, 6.45) is 6.32. The van der Waals surface area contributed by atoms with Crippen LogP contribution in [-0.4, -0.2) is 21.4 Å². The maximum absolute atomic E-state index is 10.6. The molecule has 0 aliphatic heterocycles. The Morgan fingerprint density at radius 2 is 1.85 bits per heavy atom. The van der Waals surface area contributed by atoms with E-state index in [0.717, 1.165) is 49.7 Å². The smallest absolute Gasteiger partial charge is 0.123 e. The topological polar surface area (TPSA) is 60.7 Å². The van der Waals surface area contributed by atoms with Gasteiger partial charge >= 0.3 is 0 Å². The van der Waals surface area contributed by atoms with Gasteiger partial charge in [-0.15, -0.1) is 0 Å². The zero-order valence-electron chi connectivity index (χ0n) is 15.9. The van der Waals surface area contributed by atoms with Gasteiger partial charge in [0, 0.05) is 5.56 Å². The monoisotopic (exact) mass is 364 g/mol. The summed E-state index contributed by atoms with van der Waals surface area (Å²) in [5.41, 5.74) is 4.41. The molecule has 142 valence electrons. The molecule has 2 aromatic carbocycles. The number of hydrogen-bond donors (Lipinski definition) is 3. The van der Waals surface area contributed by atoms with Crippen molar-refractivity contribution in [3.8, 4) is 22.6 Å². The molecular formula is C24H28O3. The van der Waals surface area contributed by atoms with Crippen LogP contribution < -0.4 is 0 Å². The molecule has 2 aromatic rings. The van der Waals surface area contributed by atoms with Crippen LogP contribution in [0.3, 0.4) is 0 Å². The van der Waals surface area contributed by atoms with Crippen LogP contribution in [-0.2, 0) is 6.42 Å². The van der Waals surface area contributed by atoms with Gasteiger partial charge in [0.25, 0.3) is 0 Å². The van der Waals surface area contributed by atoms with E-state index >= 15 is 0 Å². The van der Waals surface area contributed by atoms with Crippen molar-refractivity contribution >= 4 is 0 Å². The van der Waals surface area contributed by atoms with E-state index in [9.17, 15) is 15.3 Å². The quantitative estimate of drug-likeness (QED) is 0.669. The minimum absolute atomic E-state index is 0.0869. The standard InChI is InChI=1S/C24H28O3/c1-24-10-9-17-18(21(24)7-8-23(24)27)6-5-15-12-22(26)20(13-19(15)17)14-3-2-4-16(25)11-14/h2-4,11-13,17-18,21,23,25-27H,5-10H2,1H3/t17-,18+,21-,23-,24-/m0/s1. The molecular weight excluding hydrogens is 336 g/mol. The highest BCUT2D eigenvalue weighted by atomic mass is 16.3. The van der Waals surface area contributed by atoms with Crippen molar-refractivity contribution in [3.05, 3.63) is 47.5 Å². The Morgan fingerprint density at radius 3 is 2.67 bits per heavy atom. The van der Waals surface area contributed by atoms with E-state index in [1.807, 2.05) is 18.2 Å². The Hall–Kier alpha value is -2.00. The van der Waals surface area contributed by atoms with Crippen LogP contribution in [0.1, 0.15) is 56.1 Å². The molecule has 0 spiro atoms. The number of hydrogen-bond acceptors (Lipinski definition) is 3. The maximum atomic E-state index is 10.6. The molecule has 0 unspecified atom stereocenters. The first-order valence-corrected chi connectivity index (χ1v) is 10.3. The fourth-order valence-corrected chi connectivity index (χ4v) is 6.49. The van der Waals surface area contributed by atoms with Crippen molar-refractivity contribution in [2.75, 3.05) is 0 Å². The van der Waals surface area contributed by atoms with Crippen molar-refractivity contribution in [2.45, 2.75) is 57.5 Å². The highest BCUT2D eigenvalue weighted by Gasteiger charge is 2.54. The van der Waals surface area contributed by atoms with Crippen LogP contribution in [0.25, 0.3) is 11.1 Å². The molecule has 3 aliphatic carbocycles. The van der Waals surface area contributed by atoms with E-state index in [4.69, 9.17) is 0 Å². The molecule has 0 saturated heterocycles. The average Bonchev–Trinajstić information content (AvgIpc) is 2.96. The molecule has 3 heteroatoms. The molecule has 0 bridgehead atoms. The third-order valence-corrected chi connectivity index (χ3v) is 7.95. The number of benzene rings is 2. The van der Waals surface area contributed by atoms with Gasteiger partial charge in [0.2, 0.25) is 0 Å². The molecule has 5 rings (SSSR count). The Labute approximate surface area is 160 Å². The number of aryl methyl sites for hydroxylation is 1. The van der Waals surface area contributed by atoms with Crippen molar-refractivity contribution < 1.29 is 15.3 Å². The van der Waals surface area contributed by atoms with Crippen LogP contribution >= 0.6 is 0 Å². The normalized spacial score (nSPS) is 34.6. The highest BCUT2D eigenvalue weighted by Crippen LogP contribution is 2.61. The van der Waals surface area contributed by atoms with E-state index in [1.165, 1.54) is 11.1 Å². The lowest BCUT2D eigenvalue weighted by Gasteiger charge is -2.50. The first-order valence-electron chi connectivity index (χ1n) is 10.3. The summed E-state index contributed by atoms with van der Waals surface area (Å²) < 4.78 is 0. The lowest BCUT2D eigenvalue weighted by molar-refractivity contribution is -0.0226. The third kappa shape index (κ3) is 2.51. The summed E-state index contributed by atoms with van der Waals surface area (Å²) in [5, 5.41) is 31.0. The zero-order chi connectivity index (χ0) is 18.8. The van der Waals surface area contributed by atoms with E-state index in [0.29, 0.717) is 23.5 Å². The number of phenols is 2. The summed E-state index contributed by atoms with van der Waals surface area (Å²) in [4.78, 5) is 0. The van der Waals surface area contributed by atoms with Gasteiger partial charge in [-0.05, 0) is 103 Å². The lowest BCUT2D eigenvalue weighted by Crippen LogP contribution is -2.43. The Balaban J connectivity index is 1.56. The Morgan fingerprint density at radius 1 is 1.00 bits per heavy atom. The fourth-order valence-electron chi connectivity index (χ4n) is 6.49. The van der Waals surface area contributed by atoms with Crippen LogP contribution in [0.2, 0.25) is 0 Å². The largest absolute Gasteiger partial charge is 0.508 e. The second-order valence-corrected chi connectivity index (χ2v) is 9.17. The molecule has 3 aliphatic rings. The van der Waals surface area contributed by atoms with E-state index in [1.54, 1.807) is 12.1 Å². The molecule has 0 amide bonds. The number of aliphatic hydroxyl groups is 1. The van der Waals surface area contributed by atoms with Gasteiger partial charge in [0.05, 0.1) is 6.10 Å². The average molecular weight is 364 g/mol. The van der Waals surface area contributed by atoms with E-state index < -0.39 is 0 Å². The van der Waals surface area contributed by atoms with Gasteiger partial charge in [-0.2, -0.15) is 0 Å². The Kier molecular flexibility index (Phi) is 3.80. The summed E-state index contributed by atoms with van der Waals surface area (Å²) in [6.45, 7) is 2.30. The number of rotatable bonds is 1. The van der Waals surface area contributed by atoms with Gasteiger partial charge < -0.3 is 15.3 Å². The number of aliphatic hydroxyl groups excluding tert-OH is 1. The van der Waals surface area contributed by atoms with Gasteiger partial charge in [0.1, 0.15) is 11.5 Å². The molecule has 3 nitrogen and oxygen atoms in total. The first kappa shape index (κ1) is 17.1. The van der Waals surface area contributed by atoms with Crippen molar-refractivity contribution in [1.82, 2.24) is 0 Å². The fraction of sp³-hybridized carbons (Fsp3) is 0.500. The van der Waals surface area contributed by atoms with Gasteiger partial charge in [-0.3, -0.25) is 0 Å². The lowest BCUT2D eigenvalue weighted by atomic mass is 9.55. The summed E-state index contributed by atoms with van der Waals surface area (Å²) in [7, 11) is 0.